The number of hydrogen-bond donors (Lipinski definition) is 3. The van der Waals surface area contributed by atoms with E-state index in [1.54, 1.807) is 6.07 Å². The van der Waals surface area contributed by atoms with E-state index >= 15 is 0 Å². The van der Waals surface area contributed by atoms with E-state index in [0.29, 0.717) is 18.2 Å². The zero-order valence-electron chi connectivity index (χ0n) is 23.6. The average Bonchev–Trinajstić information content (AvgIpc) is 2.88. The van der Waals surface area contributed by atoms with Crippen LogP contribution in [0.25, 0.3) is 0 Å². The zero-order chi connectivity index (χ0) is 28.4. The number of nitrogens with two attached hydrogens (primary N) is 1. The lowest BCUT2D eigenvalue weighted by Gasteiger charge is -2.40. The first-order chi connectivity index (χ1) is 18.2. The minimum atomic E-state index is -4.47. The fourth-order valence-corrected chi connectivity index (χ4v) is 5.75. The predicted molar refractivity (Wildman–Crippen MR) is 153 cm³/mol. The molecule has 2 aliphatic rings. The molecule has 4 N–H and O–H groups in total. The summed E-state index contributed by atoms with van der Waals surface area (Å²) in [5.74, 6) is 0.515. The first-order valence-electron chi connectivity index (χ1n) is 14.1. The molecular weight excluding hydrogens is 501 g/mol. The number of alkyl halides is 3. The van der Waals surface area contributed by atoms with Crippen LogP contribution in [0.1, 0.15) is 77.3 Å². The number of halogens is 3. The van der Waals surface area contributed by atoms with E-state index in [4.69, 9.17) is 5.73 Å². The van der Waals surface area contributed by atoms with Crippen LogP contribution in [-0.4, -0.2) is 31.6 Å². The molecule has 8 heteroatoms. The fraction of sp³-hybridized carbons (Fsp3) is 0.581. The molecule has 0 aromatic heterocycles. The van der Waals surface area contributed by atoms with Gasteiger partial charge in [-0.1, -0.05) is 39.8 Å². The number of nitrogen functional groups attached to an aromatic ring is 1. The van der Waals surface area contributed by atoms with Gasteiger partial charge in [-0.05, 0) is 85.8 Å². The van der Waals surface area contributed by atoms with E-state index in [-0.39, 0.29) is 28.5 Å². The first-order valence-corrected chi connectivity index (χ1v) is 14.1. The largest absolute Gasteiger partial charge is 0.418 e. The van der Waals surface area contributed by atoms with Crippen LogP contribution in [0.4, 0.5) is 30.2 Å². The molecule has 0 radical (unpaired) electrons. The Kier molecular flexibility index (Phi) is 8.43. The minimum Gasteiger partial charge on any atom is -0.398 e. The number of nitrogens with zero attached hydrogens (tertiary/aromatic N) is 1. The van der Waals surface area contributed by atoms with Gasteiger partial charge in [0.05, 0.1) is 5.56 Å². The molecule has 0 spiro atoms. The number of benzene rings is 2. The maximum atomic E-state index is 13.2. The van der Waals surface area contributed by atoms with Gasteiger partial charge in [0.1, 0.15) is 0 Å². The normalized spacial score (nSPS) is 21.9. The molecule has 1 heterocycles. The summed E-state index contributed by atoms with van der Waals surface area (Å²) in [7, 11) is 0. The summed E-state index contributed by atoms with van der Waals surface area (Å²) in [5.41, 5.74) is 7.18. The van der Waals surface area contributed by atoms with Gasteiger partial charge in [-0.25, -0.2) is 0 Å². The van der Waals surface area contributed by atoms with Crippen LogP contribution in [0.5, 0.6) is 0 Å². The highest BCUT2D eigenvalue weighted by Crippen LogP contribution is 2.37. The third-order valence-corrected chi connectivity index (χ3v) is 8.64. The van der Waals surface area contributed by atoms with Crippen LogP contribution < -0.4 is 21.3 Å². The molecular formula is C31H43F3N4O. The van der Waals surface area contributed by atoms with Crippen molar-refractivity contribution in [2.75, 3.05) is 35.6 Å². The Morgan fingerprint density at radius 3 is 2.18 bits per heavy atom. The number of carbonyl (C=O) groups excluding carboxylic acids is 1. The van der Waals surface area contributed by atoms with Crippen molar-refractivity contribution in [3.63, 3.8) is 0 Å². The summed E-state index contributed by atoms with van der Waals surface area (Å²) in [6.07, 6.45) is 0.722. The molecule has 2 aromatic rings. The molecule has 39 heavy (non-hydrogen) atoms. The van der Waals surface area contributed by atoms with Crippen molar-refractivity contribution in [3.8, 4) is 0 Å². The Morgan fingerprint density at radius 1 is 1.00 bits per heavy atom. The molecule has 2 fully saturated rings. The number of nitrogens with one attached hydrogen (secondary N) is 2. The Morgan fingerprint density at radius 2 is 1.62 bits per heavy atom. The van der Waals surface area contributed by atoms with Crippen molar-refractivity contribution in [2.45, 2.75) is 83.9 Å². The lowest BCUT2D eigenvalue weighted by Crippen LogP contribution is -2.48. The first kappa shape index (κ1) is 29.1. The van der Waals surface area contributed by atoms with E-state index < -0.39 is 11.7 Å². The zero-order valence-corrected chi connectivity index (χ0v) is 23.6. The Labute approximate surface area is 230 Å². The lowest BCUT2D eigenvalue weighted by molar-refractivity contribution is -0.137. The SMILES string of the molecule is CC1(C(=O)NCC2CCC(Nc3ccc(N)c(C(F)(F)F)c3)CC2)CCN(c2ccc(C(C)(C)C)cc2)CC1. The molecule has 214 valence electrons. The maximum absolute atomic E-state index is 13.2. The van der Waals surface area contributed by atoms with E-state index in [1.807, 2.05) is 0 Å². The molecule has 5 nitrogen and oxygen atoms in total. The van der Waals surface area contributed by atoms with Gasteiger partial charge in [0.2, 0.25) is 5.91 Å². The second-order valence-corrected chi connectivity index (χ2v) is 12.7. The van der Waals surface area contributed by atoms with Gasteiger partial charge < -0.3 is 21.3 Å². The molecule has 1 amide bonds. The van der Waals surface area contributed by atoms with Gasteiger partial charge in [0, 0.05) is 48.2 Å². The Bertz CT molecular complexity index is 1120. The standard InChI is InChI=1S/C31H43F3N4O/c1-29(2,3)22-7-12-25(13-8-22)38-17-15-30(4,16-18-38)28(39)36-20-21-5-9-23(10-6-21)37-24-11-14-27(35)26(19-24)31(32,33)34/h7-8,11-14,19,21,23,37H,5-6,9-10,15-18,20,35H2,1-4H3,(H,36,39). The Balaban J connectivity index is 1.21. The van der Waals surface area contributed by atoms with E-state index in [1.165, 1.54) is 17.3 Å². The number of hydrogen-bond acceptors (Lipinski definition) is 4. The molecule has 0 atom stereocenters. The van der Waals surface area contributed by atoms with Crippen molar-refractivity contribution in [1.82, 2.24) is 5.32 Å². The van der Waals surface area contributed by atoms with E-state index in [9.17, 15) is 18.0 Å². The van der Waals surface area contributed by atoms with E-state index in [2.05, 4.69) is 67.5 Å². The summed E-state index contributed by atoms with van der Waals surface area (Å²) in [6.45, 7) is 11.1. The summed E-state index contributed by atoms with van der Waals surface area (Å²) >= 11 is 0. The number of anilines is 3. The third kappa shape index (κ3) is 7.20. The summed E-state index contributed by atoms with van der Waals surface area (Å²) < 4.78 is 39.5. The molecule has 0 bridgehead atoms. The topological polar surface area (TPSA) is 70.4 Å². The lowest BCUT2D eigenvalue weighted by atomic mass is 9.79. The molecule has 2 aromatic carbocycles. The van der Waals surface area contributed by atoms with Crippen LogP contribution in [0.2, 0.25) is 0 Å². The van der Waals surface area contributed by atoms with Crippen LogP contribution >= 0.6 is 0 Å². The number of rotatable bonds is 6. The third-order valence-electron chi connectivity index (χ3n) is 8.64. The average molecular weight is 545 g/mol. The quantitative estimate of drug-likeness (QED) is 0.343. The predicted octanol–water partition coefficient (Wildman–Crippen LogP) is 6.98. The van der Waals surface area contributed by atoms with E-state index in [0.717, 1.165) is 57.7 Å². The van der Waals surface area contributed by atoms with Gasteiger partial charge in [-0.3, -0.25) is 4.79 Å². The van der Waals surface area contributed by atoms with Crippen molar-refractivity contribution >= 4 is 23.0 Å². The molecule has 1 saturated heterocycles. The minimum absolute atomic E-state index is 0.112. The summed E-state index contributed by atoms with van der Waals surface area (Å²) in [4.78, 5) is 15.5. The van der Waals surface area contributed by atoms with Crippen LogP contribution in [-0.2, 0) is 16.4 Å². The second-order valence-electron chi connectivity index (χ2n) is 12.7. The van der Waals surface area contributed by atoms with Crippen LogP contribution in [0, 0.1) is 11.3 Å². The second kappa shape index (κ2) is 11.3. The molecule has 0 unspecified atom stereocenters. The highest BCUT2D eigenvalue weighted by atomic mass is 19.4. The van der Waals surface area contributed by atoms with Crippen molar-refractivity contribution in [2.24, 2.45) is 11.3 Å². The van der Waals surface area contributed by atoms with Crippen molar-refractivity contribution in [1.29, 1.82) is 0 Å². The van der Waals surface area contributed by atoms with Gasteiger partial charge >= 0.3 is 6.18 Å². The Hall–Kier alpha value is -2.90. The highest BCUT2D eigenvalue weighted by Gasteiger charge is 2.37. The molecule has 4 rings (SSSR count). The summed E-state index contributed by atoms with van der Waals surface area (Å²) in [5, 5.41) is 6.46. The fourth-order valence-electron chi connectivity index (χ4n) is 5.75. The van der Waals surface area contributed by atoms with Gasteiger partial charge in [0.25, 0.3) is 0 Å². The van der Waals surface area contributed by atoms with Crippen LogP contribution in [0.3, 0.4) is 0 Å². The number of piperidine rings is 1. The van der Waals surface area contributed by atoms with Gasteiger partial charge in [-0.2, -0.15) is 13.2 Å². The van der Waals surface area contributed by atoms with Gasteiger partial charge in [0.15, 0.2) is 0 Å². The highest BCUT2D eigenvalue weighted by molar-refractivity contribution is 5.82. The number of amides is 1. The monoisotopic (exact) mass is 544 g/mol. The van der Waals surface area contributed by atoms with Crippen molar-refractivity contribution in [3.05, 3.63) is 53.6 Å². The molecule has 1 aliphatic carbocycles. The number of carbonyl (C=O) groups is 1. The van der Waals surface area contributed by atoms with Crippen molar-refractivity contribution < 1.29 is 18.0 Å². The maximum Gasteiger partial charge on any atom is 0.418 e. The van der Waals surface area contributed by atoms with Crippen LogP contribution in [0.15, 0.2) is 42.5 Å². The molecule has 1 saturated carbocycles. The smallest absolute Gasteiger partial charge is 0.398 e. The molecule has 1 aliphatic heterocycles. The summed E-state index contributed by atoms with van der Waals surface area (Å²) in [6, 6.07) is 12.9. The van der Waals surface area contributed by atoms with Gasteiger partial charge in [-0.15, -0.1) is 0 Å².